The van der Waals surface area contributed by atoms with Gasteiger partial charge in [-0.3, -0.25) is 10.4 Å². The minimum Gasteiger partial charge on any atom is -0.379 e. The van der Waals surface area contributed by atoms with Crippen molar-refractivity contribution < 1.29 is 0 Å². The van der Waals surface area contributed by atoms with Gasteiger partial charge in [0, 0.05) is 12.3 Å². The fourth-order valence-electron chi connectivity index (χ4n) is 0.958. The summed E-state index contributed by atoms with van der Waals surface area (Å²) in [7, 11) is 0. The molecule has 0 aliphatic rings. The van der Waals surface area contributed by atoms with Crippen molar-refractivity contribution in [2.45, 2.75) is 25.7 Å². The number of nitrogens with one attached hydrogen (secondary N) is 1. The third-order valence-electron chi connectivity index (χ3n) is 1.60. The lowest BCUT2D eigenvalue weighted by molar-refractivity contribution is 0.678. The van der Waals surface area contributed by atoms with Gasteiger partial charge in [-0.15, -0.1) is 17.0 Å². The molecule has 0 spiro atoms. The second-order valence-electron chi connectivity index (χ2n) is 2.93. The van der Waals surface area contributed by atoms with E-state index in [4.69, 9.17) is 22.6 Å². The molecule has 0 aliphatic carbocycles. The van der Waals surface area contributed by atoms with Crippen LogP contribution in [0, 0.1) is 5.41 Å². The number of halogens is 1. The summed E-state index contributed by atoms with van der Waals surface area (Å²) in [6, 6.07) is 0. The maximum atomic E-state index is 6.98. The second kappa shape index (κ2) is 11.6. The predicted molar refractivity (Wildman–Crippen MR) is 73.8 cm³/mol. The zero-order valence-electron chi connectivity index (χ0n) is 8.74. The van der Waals surface area contributed by atoms with Crippen molar-refractivity contribution in [1.82, 2.24) is 0 Å². The Bertz CT molecular complexity index is 193. The van der Waals surface area contributed by atoms with E-state index in [1.54, 1.807) is 0 Å². The van der Waals surface area contributed by atoms with Crippen molar-refractivity contribution in [3.05, 3.63) is 0 Å². The number of amidine groups is 1. The monoisotopic (exact) mass is 297 g/mol. The summed E-state index contributed by atoms with van der Waals surface area (Å²) in [5, 5.41) is 7.18. The van der Waals surface area contributed by atoms with Gasteiger partial charge in [0.05, 0.1) is 0 Å². The molecule has 0 saturated heterocycles. The van der Waals surface area contributed by atoms with E-state index in [1.807, 2.05) is 0 Å². The van der Waals surface area contributed by atoms with E-state index < -0.39 is 0 Å². The fourth-order valence-corrected chi connectivity index (χ4v) is 1.53. The van der Waals surface area contributed by atoms with Crippen molar-refractivity contribution >= 4 is 39.9 Å². The summed E-state index contributed by atoms with van der Waals surface area (Å²) in [4.78, 5) is 3.88. The van der Waals surface area contributed by atoms with E-state index in [0.717, 1.165) is 31.4 Å². The Labute approximate surface area is 106 Å². The van der Waals surface area contributed by atoms with Crippen LogP contribution in [0.15, 0.2) is 4.99 Å². The van der Waals surface area contributed by atoms with Gasteiger partial charge in [-0.05, 0) is 12.8 Å². The molecule has 0 saturated carbocycles. The number of unbranched alkanes of at least 4 members (excludes halogenated alkanes) is 3. The highest BCUT2D eigenvalue weighted by molar-refractivity contribution is 8.93. The topological polar surface area (TPSA) is 114 Å². The molecule has 0 unspecified atom stereocenters. The van der Waals surface area contributed by atoms with Gasteiger partial charge in [-0.1, -0.05) is 24.6 Å². The van der Waals surface area contributed by atoms with Gasteiger partial charge in [-0.25, -0.2) is 0 Å². The molecule has 5 nitrogen and oxygen atoms in total. The maximum Gasteiger partial charge on any atom is 0.185 e. The van der Waals surface area contributed by atoms with Crippen molar-refractivity contribution in [2.24, 2.45) is 22.2 Å². The van der Waals surface area contributed by atoms with Gasteiger partial charge in [0.2, 0.25) is 0 Å². The van der Waals surface area contributed by atoms with Gasteiger partial charge < -0.3 is 17.2 Å². The number of guanidine groups is 1. The Morgan fingerprint density at radius 2 is 1.67 bits per heavy atom. The molecule has 0 amide bonds. The lowest BCUT2D eigenvalue weighted by Gasteiger charge is -1.99. The molecule has 0 aromatic heterocycles. The zero-order chi connectivity index (χ0) is 10.8. The van der Waals surface area contributed by atoms with E-state index in [2.05, 4.69) is 4.99 Å². The molecule has 0 atom stereocenters. The zero-order valence-corrected chi connectivity index (χ0v) is 11.3. The van der Waals surface area contributed by atoms with E-state index in [0.29, 0.717) is 6.54 Å². The fraction of sp³-hybridized carbons (Fsp3) is 0.750. The molecule has 0 radical (unpaired) electrons. The maximum absolute atomic E-state index is 6.98. The molecule has 90 valence electrons. The molecular weight excluding hydrogens is 278 g/mol. The Hall–Kier alpha value is -0.430. The Kier molecular flexibility index (Phi) is 13.2. The highest BCUT2D eigenvalue weighted by Crippen LogP contribution is 2.06. The van der Waals surface area contributed by atoms with Crippen LogP contribution in [-0.4, -0.2) is 23.4 Å². The van der Waals surface area contributed by atoms with Crippen LogP contribution in [0.25, 0.3) is 0 Å². The van der Waals surface area contributed by atoms with Gasteiger partial charge in [0.15, 0.2) is 11.1 Å². The standard InChI is InChI=1S/C8H19N5S.BrH/c9-7(10)13-5-3-1-2-4-6-14-8(11)12;/h1-6H2,(H3,11,12)(H4,9,10,13);1H. The third kappa shape index (κ3) is 16.3. The summed E-state index contributed by atoms with van der Waals surface area (Å²) in [5.41, 5.74) is 15.5. The number of nitrogens with zero attached hydrogens (tertiary/aromatic N) is 1. The number of hydrogen-bond donors (Lipinski definition) is 4. The summed E-state index contributed by atoms with van der Waals surface area (Å²) >= 11 is 1.39. The molecule has 0 aromatic rings. The van der Waals surface area contributed by atoms with Crippen molar-refractivity contribution in [3.8, 4) is 0 Å². The quantitative estimate of drug-likeness (QED) is 0.319. The molecule has 0 bridgehead atoms. The molecular formula is C8H20BrN5S. The average molecular weight is 298 g/mol. The number of hydrogen-bond acceptors (Lipinski definition) is 3. The molecule has 0 aliphatic heterocycles. The minimum atomic E-state index is 0. The number of aliphatic imine (C=N–C) groups is 1. The Balaban J connectivity index is 0. The van der Waals surface area contributed by atoms with E-state index >= 15 is 0 Å². The minimum absolute atomic E-state index is 0. The van der Waals surface area contributed by atoms with Gasteiger partial charge in [0.25, 0.3) is 0 Å². The van der Waals surface area contributed by atoms with Gasteiger partial charge in [-0.2, -0.15) is 0 Å². The molecule has 0 heterocycles. The van der Waals surface area contributed by atoms with Crippen LogP contribution >= 0.6 is 28.7 Å². The first-order valence-corrected chi connectivity index (χ1v) is 5.63. The van der Waals surface area contributed by atoms with Crippen LogP contribution in [-0.2, 0) is 0 Å². The van der Waals surface area contributed by atoms with Crippen LogP contribution in [0.4, 0.5) is 0 Å². The highest BCUT2D eigenvalue weighted by Gasteiger charge is 1.92. The Morgan fingerprint density at radius 1 is 1.07 bits per heavy atom. The van der Waals surface area contributed by atoms with Crippen LogP contribution in [0.3, 0.4) is 0 Å². The summed E-state index contributed by atoms with van der Waals surface area (Å²) in [5.74, 6) is 1.09. The number of nitrogens with two attached hydrogens (primary N) is 3. The third-order valence-corrected chi connectivity index (χ3v) is 2.41. The van der Waals surface area contributed by atoms with Crippen LogP contribution in [0.2, 0.25) is 0 Å². The van der Waals surface area contributed by atoms with E-state index in [9.17, 15) is 0 Å². The number of rotatable bonds is 7. The first kappa shape index (κ1) is 17.0. The average Bonchev–Trinajstić information content (AvgIpc) is 2.08. The van der Waals surface area contributed by atoms with Crippen molar-refractivity contribution in [3.63, 3.8) is 0 Å². The molecule has 0 rings (SSSR count). The van der Waals surface area contributed by atoms with Gasteiger partial charge in [0.1, 0.15) is 0 Å². The molecule has 0 fully saturated rings. The van der Waals surface area contributed by atoms with Crippen molar-refractivity contribution in [1.29, 1.82) is 5.41 Å². The largest absolute Gasteiger partial charge is 0.379 e. The Morgan fingerprint density at radius 3 is 2.20 bits per heavy atom. The second-order valence-corrected chi connectivity index (χ2v) is 4.07. The first-order chi connectivity index (χ1) is 6.63. The molecule has 7 N–H and O–H groups in total. The van der Waals surface area contributed by atoms with E-state index in [1.165, 1.54) is 11.8 Å². The lowest BCUT2D eigenvalue weighted by Crippen LogP contribution is -2.22. The summed E-state index contributed by atoms with van der Waals surface area (Å²) < 4.78 is 0. The van der Waals surface area contributed by atoms with Crippen LogP contribution in [0.1, 0.15) is 25.7 Å². The highest BCUT2D eigenvalue weighted by atomic mass is 79.9. The van der Waals surface area contributed by atoms with Gasteiger partial charge >= 0.3 is 0 Å². The molecule has 7 heteroatoms. The normalized spacial score (nSPS) is 9.07. The first-order valence-electron chi connectivity index (χ1n) is 4.65. The van der Waals surface area contributed by atoms with Crippen molar-refractivity contribution in [2.75, 3.05) is 12.3 Å². The lowest BCUT2D eigenvalue weighted by atomic mass is 10.2. The van der Waals surface area contributed by atoms with Crippen LogP contribution < -0.4 is 17.2 Å². The molecule has 0 aromatic carbocycles. The smallest absolute Gasteiger partial charge is 0.185 e. The predicted octanol–water partition coefficient (Wildman–Crippen LogP) is 1.02. The SMILES string of the molecule is Br.N=C(N)SCCCCCCN=C(N)N. The number of thioether (sulfide) groups is 1. The molecule has 15 heavy (non-hydrogen) atoms. The van der Waals surface area contributed by atoms with Crippen LogP contribution in [0.5, 0.6) is 0 Å². The summed E-state index contributed by atoms with van der Waals surface area (Å²) in [6.45, 7) is 0.711. The van der Waals surface area contributed by atoms with E-state index in [-0.39, 0.29) is 28.1 Å². The summed E-state index contributed by atoms with van der Waals surface area (Å²) in [6.07, 6.45) is 4.37.